The van der Waals surface area contributed by atoms with E-state index in [1.54, 1.807) is 6.92 Å². The number of carboxylic acid groups (broad SMARTS) is 1. The maximum Gasteiger partial charge on any atom is 0.356 e. The second kappa shape index (κ2) is 6.55. The van der Waals surface area contributed by atoms with Crippen molar-refractivity contribution < 1.29 is 22.5 Å². The third-order valence-electron chi connectivity index (χ3n) is 2.18. The third kappa shape index (κ3) is 4.64. The van der Waals surface area contributed by atoms with Gasteiger partial charge < -0.3 is 5.11 Å². The first kappa shape index (κ1) is 16.2. The molecule has 7 nitrogen and oxygen atoms in total. The molecule has 0 aromatic carbocycles. The van der Waals surface area contributed by atoms with Gasteiger partial charge in [0.25, 0.3) is 10.0 Å². The Balaban J connectivity index is 2.84. The molecule has 1 aromatic rings. The lowest BCUT2D eigenvalue weighted by Gasteiger charge is -2.12. The highest BCUT2D eigenvalue weighted by Crippen LogP contribution is 2.20. The molecule has 108 valence electrons. The fourth-order valence-corrected chi connectivity index (χ4v) is 4.41. The van der Waals surface area contributed by atoms with E-state index in [4.69, 9.17) is 5.11 Å². The molecule has 1 rings (SSSR count). The molecule has 10 heteroatoms. The van der Waals surface area contributed by atoms with Crippen molar-refractivity contribution >= 4 is 38.1 Å². The van der Waals surface area contributed by atoms with E-state index in [0.717, 1.165) is 11.3 Å². The minimum Gasteiger partial charge on any atom is -0.476 e. The van der Waals surface area contributed by atoms with E-state index in [1.807, 2.05) is 0 Å². The summed E-state index contributed by atoms with van der Waals surface area (Å²) in [5.41, 5.74) is 0.688. The minimum atomic E-state index is -3.91. The Morgan fingerprint density at radius 3 is 2.79 bits per heavy atom. The van der Waals surface area contributed by atoms with E-state index in [1.165, 1.54) is 11.8 Å². The number of sulfonamides is 1. The molecule has 19 heavy (non-hydrogen) atoms. The number of thiazole rings is 1. The van der Waals surface area contributed by atoms with E-state index in [9.17, 15) is 17.4 Å². The molecule has 1 heterocycles. The maximum absolute atomic E-state index is 12.0. The molecule has 0 radical (unpaired) electrons. The summed E-state index contributed by atoms with van der Waals surface area (Å²) in [6, 6.07) is -0.433. The quantitative estimate of drug-likeness (QED) is 0.744. The summed E-state index contributed by atoms with van der Waals surface area (Å²) < 4.78 is 37.0. The zero-order chi connectivity index (χ0) is 14.6. The Hall–Kier alpha value is -0.840. The van der Waals surface area contributed by atoms with Crippen LogP contribution in [0, 0.1) is 0 Å². The number of nitrogens with zero attached hydrogens (tertiary/aromatic N) is 1. The lowest BCUT2D eigenvalue weighted by molar-refractivity contribution is 0.0687. The first-order valence-corrected chi connectivity index (χ1v) is 9.32. The van der Waals surface area contributed by atoms with Gasteiger partial charge in [0.15, 0.2) is 9.90 Å². The van der Waals surface area contributed by atoms with Crippen molar-refractivity contribution in [1.82, 2.24) is 9.71 Å². The number of rotatable bonds is 7. The number of carbonyl (C=O) groups is 1. The van der Waals surface area contributed by atoms with Crippen molar-refractivity contribution in [2.45, 2.75) is 23.6 Å². The smallest absolute Gasteiger partial charge is 0.356 e. The number of carboxylic acids is 1. The normalized spacial score (nSPS) is 15.1. The SMILES string of the molecule is CC(CCS(C)=O)NS(=O)(=O)c1scnc1C(=O)O. The van der Waals surface area contributed by atoms with Crippen LogP contribution in [0.3, 0.4) is 0 Å². The van der Waals surface area contributed by atoms with Gasteiger partial charge in [0.05, 0.1) is 5.51 Å². The first-order valence-electron chi connectivity index (χ1n) is 5.23. The topological polar surface area (TPSA) is 113 Å². The second-order valence-electron chi connectivity index (χ2n) is 3.88. The predicted octanol–water partition coefficient (Wildman–Crippen LogP) is 0.277. The fourth-order valence-electron chi connectivity index (χ4n) is 1.29. The third-order valence-corrected chi connectivity index (χ3v) is 5.95. The summed E-state index contributed by atoms with van der Waals surface area (Å²) in [6.07, 6.45) is 1.94. The fraction of sp³-hybridized carbons (Fsp3) is 0.556. The standard InChI is InChI=1S/C9H14N2O5S3/c1-6(3-4-18(2)14)11-19(15,16)9-7(8(12)13)10-5-17-9/h5-6,11H,3-4H2,1-2H3,(H,12,13). The van der Waals surface area contributed by atoms with Gasteiger partial charge in [-0.2, -0.15) is 0 Å². The van der Waals surface area contributed by atoms with Crippen LogP contribution in [0.5, 0.6) is 0 Å². The number of hydrogen-bond acceptors (Lipinski definition) is 6. The summed E-state index contributed by atoms with van der Waals surface area (Å²) in [7, 11) is -4.92. The maximum atomic E-state index is 12.0. The van der Waals surface area contributed by atoms with Gasteiger partial charge >= 0.3 is 5.97 Å². The Labute approximate surface area is 117 Å². The summed E-state index contributed by atoms with van der Waals surface area (Å²) >= 11 is 0.749. The van der Waals surface area contributed by atoms with Crippen molar-refractivity contribution in [3.8, 4) is 0 Å². The summed E-state index contributed by atoms with van der Waals surface area (Å²) in [4.78, 5) is 14.4. The van der Waals surface area contributed by atoms with Gasteiger partial charge in [0.1, 0.15) is 0 Å². The van der Waals surface area contributed by atoms with Gasteiger partial charge in [-0.15, -0.1) is 11.3 Å². The average Bonchev–Trinajstić information content (AvgIpc) is 2.75. The molecule has 0 aliphatic carbocycles. The van der Waals surface area contributed by atoms with Crippen LogP contribution in [0.15, 0.2) is 9.72 Å². The molecule has 1 aromatic heterocycles. The van der Waals surface area contributed by atoms with Gasteiger partial charge in [-0.1, -0.05) is 0 Å². The van der Waals surface area contributed by atoms with Crippen molar-refractivity contribution in [1.29, 1.82) is 0 Å². The number of hydrogen-bond donors (Lipinski definition) is 2. The predicted molar refractivity (Wildman–Crippen MR) is 72.4 cm³/mol. The molecule has 2 unspecified atom stereocenters. The average molecular weight is 326 g/mol. The zero-order valence-corrected chi connectivity index (χ0v) is 12.8. The van der Waals surface area contributed by atoms with E-state index in [-0.39, 0.29) is 4.21 Å². The molecule has 0 fully saturated rings. The van der Waals surface area contributed by atoms with Gasteiger partial charge in [-0.3, -0.25) is 4.21 Å². The van der Waals surface area contributed by atoms with Gasteiger partial charge in [0, 0.05) is 28.9 Å². The molecule has 0 saturated carbocycles. The monoisotopic (exact) mass is 326 g/mol. The number of nitrogens with one attached hydrogen (secondary N) is 1. The zero-order valence-electron chi connectivity index (χ0n) is 10.3. The molecule has 0 bridgehead atoms. The van der Waals surface area contributed by atoms with E-state index in [2.05, 4.69) is 9.71 Å². The molecule has 2 atom stereocenters. The van der Waals surface area contributed by atoms with Crippen LogP contribution in [-0.2, 0) is 20.8 Å². The van der Waals surface area contributed by atoms with E-state index < -0.39 is 38.5 Å². The second-order valence-corrected chi connectivity index (χ2v) is 8.20. The molecule has 0 aliphatic rings. The first-order chi connectivity index (χ1) is 8.74. The van der Waals surface area contributed by atoms with Gasteiger partial charge in [-0.05, 0) is 13.3 Å². The lowest BCUT2D eigenvalue weighted by atomic mass is 10.3. The van der Waals surface area contributed by atoms with Gasteiger partial charge in [-0.25, -0.2) is 22.9 Å². The Morgan fingerprint density at radius 1 is 1.63 bits per heavy atom. The molecular weight excluding hydrogens is 312 g/mol. The van der Waals surface area contributed by atoms with Crippen LogP contribution < -0.4 is 4.72 Å². The number of aromatic nitrogens is 1. The van der Waals surface area contributed by atoms with Crippen LogP contribution in [0.2, 0.25) is 0 Å². The molecule has 0 saturated heterocycles. The summed E-state index contributed by atoms with van der Waals surface area (Å²) in [6.45, 7) is 1.63. The Bertz CT molecular complexity index is 580. The molecule has 0 amide bonds. The molecule has 2 N–H and O–H groups in total. The lowest BCUT2D eigenvalue weighted by Crippen LogP contribution is -2.33. The molecular formula is C9H14N2O5S3. The van der Waals surface area contributed by atoms with Crippen molar-refractivity contribution in [3.63, 3.8) is 0 Å². The van der Waals surface area contributed by atoms with Crippen molar-refractivity contribution in [3.05, 3.63) is 11.2 Å². The van der Waals surface area contributed by atoms with Crippen LogP contribution in [-0.4, -0.2) is 46.7 Å². The highest BCUT2D eigenvalue weighted by Gasteiger charge is 2.26. The van der Waals surface area contributed by atoms with Crippen LogP contribution >= 0.6 is 11.3 Å². The minimum absolute atomic E-state index is 0.315. The highest BCUT2D eigenvalue weighted by atomic mass is 32.2. The van der Waals surface area contributed by atoms with E-state index >= 15 is 0 Å². The Morgan fingerprint density at radius 2 is 2.26 bits per heavy atom. The molecule has 0 spiro atoms. The van der Waals surface area contributed by atoms with Crippen LogP contribution in [0.25, 0.3) is 0 Å². The Kier molecular flexibility index (Phi) is 5.59. The highest BCUT2D eigenvalue weighted by molar-refractivity contribution is 7.91. The van der Waals surface area contributed by atoms with Crippen molar-refractivity contribution in [2.24, 2.45) is 0 Å². The van der Waals surface area contributed by atoms with Crippen molar-refractivity contribution in [2.75, 3.05) is 12.0 Å². The van der Waals surface area contributed by atoms with Crippen LogP contribution in [0.1, 0.15) is 23.8 Å². The summed E-state index contributed by atoms with van der Waals surface area (Å²) in [5, 5.41) is 8.84. The van der Waals surface area contributed by atoms with E-state index in [0.29, 0.717) is 12.2 Å². The number of aromatic carboxylic acids is 1. The summed E-state index contributed by atoms with van der Waals surface area (Å²) in [5.74, 6) is -1.01. The molecule has 0 aliphatic heterocycles. The van der Waals surface area contributed by atoms with Gasteiger partial charge in [0.2, 0.25) is 0 Å². The largest absolute Gasteiger partial charge is 0.476 e. The van der Waals surface area contributed by atoms with Crippen LogP contribution in [0.4, 0.5) is 0 Å².